The Balaban J connectivity index is 1.32. The number of carbonyl (C=O) groups excluding carboxylic acids is 2. The quantitative estimate of drug-likeness (QED) is 0.275. The number of carbonyl (C=O) groups is 3. The zero-order chi connectivity index (χ0) is 31.0. The van der Waals surface area contributed by atoms with Gasteiger partial charge >= 0.3 is 5.97 Å². The molecule has 2 heterocycles. The summed E-state index contributed by atoms with van der Waals surface area (Å²) in [5.74, 6) is -1.61. The molecule has 4 rings (SSSR count). The highest BCUT2D eigenvalue weighted by atomic mass is 32.2. The Hall–Kier alpha value is -3.02. The maximum Gasteiger partial charge on any atom is 0.326 e. The highest BCUT2D eigenvalue weighted by molar-refractivity contribution is 8.02. The molecule has 232 valence electrons. The average Bonchev–Trinajstić information content (AvgIpc) is 3.61. The SMILES string of the molecule is CC1(C)SCN(S(=O)(=O)c2ccccc2)[C@@H]1C(=O)NC(Cc1ccc(CC(=O)CCCCCC2=NCCC2)cc1)C(=O)O. The summed E-state index contributed by atoms with van der Waals surface area (Å²) < 4.78 is 27.1. The van der Waals surface area contributed by atoms with Gasteiger partial charge in [0.15, 0.2) is 0 Å². The Labute approximate surface area is 258 Å². The molecule has 2 aliphatic rings. The minimum absolute atomic E-state index is 0.0202. The van der Waals surface area contributed by atoms with Crippen molar-refractivity contribution in [2.45, 2.75) is 93.4 Å². The molecule has 11 heteroatoms. The topological polar surface area (TPSA) is 133 Å². The molecule has 2 aliphatic heterocycles. The first-order valence-electron chi connectivity index (χ1n) is 14.8. The van der Waals surface area contributed by atoms with Gasteiger partial charge in [-0.3, -0.25) is 14.6 Å². The van der Waals surface area contributed by atoms with Gasteiger partial charge < -0.3 is 10.4 Å². The number of nitrogens with zero attached hydrogens (tertiary/aromatic N) is 2. The summed E-state index contributed by atoms with van der Waals surface area (Å²) >= 11 is 1.33. The number of unbranched alkanes of at least 4 members (excludes halogenated alkanes) is 2. The number of nitrogens with one attached hydrogen (secondary N) is 1. The number of Topliss-reactive ketones (excluding diaryl/α,β-unsaturated/α-hetero) is 1. The predicted octanol–water partition coefficient (Wildman–Crippen LogP) is 4.64. The van der Waals surface area contributed by atoms with Crippen LogP contribution in [0.4, 0.5) is 0 Å². The monoisotopic (exact) mass is 627 g/mol. The fraction of sp³-hybridized carbons (Fsp3) is 0.500. The van der Waals surface area contributed by atoms with Crippen molar-refractivity contribution in [3.8, 4) is 0 Å². The van der Waals surface area contributed by atoms with Crippen LogP contribution < -0.4 is 5.32 Å². The summed E-state index contributed by atoms with van der Waals surface area (Å²) in [5.41, 5.74) is 2.86. The molecule has 0 aliphatic carbocycles. The number of hydrogen-bond acceptors (Lipinski definition) is 7. The lowest BCUT2D eigenvalue weighted by Gasteiger charge is -2.31. The number of rotatable bonds is 15. The number of sulfonamides is 1. The molecule has 1 amide bonds. The van der Waals surface area contributed by atoms with E-state index in [2.05, 4.69) is 10.3 Å². The molecule has 9 nitrogen and oxygen atoms in total. The van der Waals surface area contributed by atoms with E-state index in [0.29, 0.717) is 18.4 Å². The van der Waals surface area contributed by atoms with Crippen LogP contribution in [0, 0.1) is 0 Å². The minimum atomic E-state index is -3.97. The first-order chi connectivity index (χ1) is 20.5. The van der Waals surface area contributed by atoms with Crippen LogP contribution >= 0.6 is 11.8 Å². The van der Waals surface area contributed by atoms with Crippen LogP contribution in [0.5, 0.6) is 0 Å². The number of amides is 1. The van der Waals surface area contributed by atoms with Crippen molar-refractivity contribution >= 4 is 45.2 Å². The van der Waals surface area contributed by atoms with Gasteiger partial charge in [0, 0.05) is 36.3 Å². The summed E-state index contributed by atoms with van der Waals surface area (Å²) in [5, 5.41) is 12.5. The summed E-state index contributed by atoms with van der Waals surface area (Å²) in [7, 11) is -3.97. The van der Waals surface area contributed by atoms with E-state index < -0.39 is 38.7 Å². The van der Waals surface area contributed by atoms with Gasteiger partial charge in [0.25, 0.3) is 0 Å². The zero-order valence-electron chi connectivity index (χ0n) is 24.8. The standard InChI is InChI=1S/C32H41N3O6S2/c1-32(2)29(35(22-42-32)43(40,41)27-13-7-4-8-14-27)30(37)34-28(31(38)39)21-24-17-15-23(16-18-24)20-26(36)12-6-3-5-10-25-11-9-19-33-25/h4,7-8,13-18,28-29H,3,5-6,9-12,19-22H2,1-2H3,(H,34,37)(H,38,39)/t28?,29-/m1/s1. The van der Waals surface area contributed by atoms with Gasteiger partial charge in [-0.05, 0) is 69.2 Å². The van der Waals surface area contributed by atoms with E-state index in [1.54, 1.807) is 44.2 Å². The van der Waals surface area contributed by atoms with E-state index >= 15 is 0 Å². The molecule has 43 heavy (non-hydrogen) atoms. The van der Waals surface area contributed by atoms with E-state index in [1.165, 1.54) is 29.6 Å². The van der Waals surface area contributed by atoms with Crippen LogP contribution in [0.2, 0.25) is 0 Å². The molecule has 1 unspecified atom stereocenters. The number of ketones is 1. The van der Waals surface area contributed by atoms with Gasteiger partial charge in [0.1, 0.15) is 17.9 Å². The second-order valence-corrected chi connectivity index (χ2v) is 15.2. The average molecular weight is 628 g/mol. The maximum absolute atomic E-state index is 13.5. The number of benzene rings is 2. The van der Waals surface area contributed by atoms with Crippen LogP contribution in [0.1, 0.15) is 69.9 Å². The fourth-order valence-electron chi connectivity index (χ4n) is 5.54. The highest BCUT2D eigenvalue weighted by Crippen LogP contribution is 2.42. The van der Waals surface area contributed by atoms with Gasteiger partial charge in [-0.25, -0.2) is 13.2 Å². The van der Waals surface area contributed by atoms with Gasteiger partial charge in [-0.2, -0.15) is 4.31 Å². The molecule has 0 aromatic heterocycles. The van der Waals surface area contributed by atoms with Crippen LogP contribution in [0.15, 0.2) is 64.5 Å². The van der Waals surface area contributed by atoms with Crippen LogP contribution in [-0.2, 0) is 37.2 Å². The smallest absolute Gasteiger partial charge is 0.326 e. The van der Waals surface area contributed by atoms with E-state index in [1.807, 2.05) is 12.1 Å². The van der Waals surface area contributed by atoms with Crippen molar-refractivity contribution in [1.29, 1.82) is 0 Å². The molecule has 1 fully saturated rings. The lowest BCUT2D eigenvalue weighted by atomic mass is 9.99. The largest absolute Gasteiger partial charge is 0.480 e. The molecule has 1 saturated heterocycles. The first kappa shape index (κ1) is 32.9. The van der Waals surface area contributed by atoms with Crippen LogP contribution in [0.3, 0.4) is 0 Å². The maximum atomic E-state index is 13.5. The minimum Gasteiger partial charge on any atom is -0.480 e. The summed E-state index contributed by atoms with van der Waals surface area (Å²) in [4.78, 5) is 42.7. The van der Waals surface area contributed by atoms with Crippen molar-refractivity contribution in [3.63, 3.8) is 0 Å². The molecule has 2 atom stereocenters. The second kappa shape index (κ2) is 14.6. The summed E-state index contributed by atoms with van der Waals surface area (Å²) in [6.07, 6.45) is 7.15. The lowest BCUT2D eigenvalue weighted by molar-refractivity contribution is -0.142. The van der Waals surface area contributed by atoms with Crippen molar-refractivity contribution in [2.75, 3.05) is 12.4 Å². The second-order valence-electron chi connectivity index (χ2n) is 11.7. The molecule has 2 aromatic rings. The first-order valence-corrected chi connectivity index (χ1v) is 17.3. The number of carboxylic acids is 1. The molecular formula is C32H41N3O6S2. The number of carboxylic acid groups (broad SMARTS) is 1. The highest BCUT2D eigenvalue weighted by Gasteiger charge is 2.51. The predicted molar refractivity (Wildman–Crippen MR) is 169 cm³/mol. The normalized spacial score (nSPS) is 19.1. The fourth-order valence-corrected chi connectivity index (χ4v) is 8.73. The molecule has 0 spiro atoms. The molecule has 0 saturated carbocycles. The zero-order valence-corrected chi connectivity index (χ0v) is 26.5. The van der Waals surface area contributed by atoms with E-state index in [9.17, 15) is 27.9 Å². The molecule has 0 radical (unpaired) electrons. The van der Waals surface area contributed by atoms with Gasteiger partial charge in [-0.1, -0.05) is 48.9 Å². The number of hydrogen-bond donors (Lipinski definition) is 2. The van der Waals surface area contributed by atoms with Crippen molar-refractivity contribution in [3.05, 3.63) is 65.7 Å². The van der Waals surface area contributed by atoms with E-state index in [-0.39, 0.29) is 23.0 Å². The van der Waals surface area contributed by atoms with Gasteiger partial charge in [0.05, 0.1) is 10.8 Å². The molecule has 0 bridgehead atoms. The third kappa shape index (κ3) is 8.77. The Bertz CT molecular complexity index is 1420. The molecular weight excluding hydrogens is 587 g/mol. The Morgan fingerprint density at radius 3 is 2.40 bits per heavy atom. The third-order valence-corrected chi connectivity index (χ3v) is 11.3. The molecule has 2 aromatic carbocycles. The Morgan fingerprint density at radius 1 is 1.05 bits per heavy atom. The lowest BCUT2D eigenvalue weighted by Crippen LogP contribution is -2.56. The van der Waals surface area contributed by atoms with Crippen molar-refractivity contribution < 1.29 is 27.9 Å². The number of aliphatic carboxylic acids is 1. The number of aliphatic imine (C=N–C) groups is 1. The van der Waals surface area contributed by atoms with Crippen LogP contribution in [0.25, 0.3) is 0 Å². The van der Waals surface area contributed by atoms with Crippen molar-refractivity contribution in [1.82, 2.24) is 9.62 Å². The number of thioether (sulfide) groups is 1. The summed E-state index contributed by atoms with van der Waals surface area (Å²) in [6.45, 7) is 4.52. The summed E-state index contributed by atoms with van der Waals surface area (Å²) in [6, 6.07) is 12.7. The van der Waals surface area contributed by atoms with Gasteiger partial charge in [-0.15, -0.1) is 11.8 Å². The van der Waals surface area contributed by atoms with E-state index in [0.717, 1.165) is 54.9 Å². The van der Waals surface area contributed by atoms with Gasteiger partial charge in [0.2, 0.25) is 15.9 Å². The third-order valence-electron chi connectivity index (χ3n) is 7.97. The molecule has 2 N–H and O–H groups in total. The Morgan fingerprint density at radius 2 is 1.74 bits per heavy atom. The van der Waals surface area contributed by atoms with Crippen LogP contribution in [-0.4, -0.2) is 70.5 Å². The Kier molecular flexibility index (Phi) is 11.2. The van der Waals surface area contributed by atoms with E-state index in [4.69, 9.17) is 0 Å². The van der Waals surface area contributed by atoms with Crippen molar-refractivity contribution in [2.24, 2.45) is 4.99 Å².